The van der Waals surface area contributed by atoms with Crippen molar-refractivity contribution in [2.75, 3.05) is 6.61 Å². The van der Waals surface area contributed by atoms with Crippen molar-refractivity contribution < 1.29 is 10.0 Å². The van der Waals surface area contributed by atoms with Gasteiger partial charge in [-0.15, -0.1) is 0 Å². The quantitative estimate of drug-likeness (QED) is 0.637. The van der Waals surface area contributed by atoms with Crippen LogP contribution >= 0.6 is 15.9 Å². The minimum atomic E-state index is -0.353. The predicted octanol–water partition coefficient (Wildman–Crippen LogP) is 3.00. The third-order valence-electron chi connectivity index (χ3n) is 3.94. The summed E-state index contributed by atoms with van der Waals surface area (Å²) in [6.45, 7) is 0.634. The van der Waals surface area contributed by atoms with Crippen LogP contribution in [0.25, 0.3) is 0 Å². The van der Waals surface area contributed by atoms with Gasteiger partial charge in [-0.2, -0.15) is 0 Å². The van der Waals surface area contributed by atoms with Gasteiger partial charge in [0.1, 0.15) is 0 Å². The zero-order valence-electron chi connectivity index (χ0n) is 11.2. The summed E-state index contributed by atoms with van der Waals surface area (Å²) in [5, 5.41) is 23.8. The summed E-state index contributed by atoms with van der Waals surface area (Å²) in [6.07, 6.45) is 4.34. The first-order chi connectivity index (χ1) is 9.61. The number of aliphatic hydroxyl groups excluding tert-OH is 1. The van der Waals surface area contributed by atoms with E-state index in [4.69, 9.17) is 0 Å². The Morgan fingerprint density at radius 3 is 2.85 bits per heavy atom. The maximum atomic E-state index is 11.0. The molecule has 1 aliphatic carbocycles. The average Bonchev–Trinajstić information content (AvgIpc) is 2.45. The van der Waals surface area contributed by atoms with E-state index >= 15 is 0 Å². The highest BCUT2D eigenvalue weighted by Gasteiger charge is 2.24. The number of nitro benzene ring substituents is 1. The molecule has 5 nitrogen and oxygen atoms in total. The third-order valence-corrected chi connectivity index (χ3v) is 4.43. The summed E-state index contributed by atoms with van der Waals surface area (Å²) in [5.74, 6) is 0.259. The van der Waals surface area contributed by atoms with Crippen molar-refractivity contribution in [2.45, 2.75) is 38.3 Å². The Kier molecular flexibility index (Phi) is 5.51. The summed E-state index contributed by atoms with van der Waals surface area (Å²) < 4.78 is 0.835. The number of nitrogens with one attached hydrogen (secondary N) is 1. The highest BCUT2D eigenvalue weighted by Crippen LogP contribution is 2.26. The van der Waals surface area contributed by atoms with Gasteiger partial charge in [-0.25, -0.2) is 0 Å². The molecule has 0 bridgehead atoms. The van der Waals surface area contributed by atoms with Crippen LogP contribution in [-0.2, 0) is 6.54 Å². The highest BCUT2D eigenvalue weighted by atomic mass is 79.9. The monoisotopic (exact) mass is 342 g/mol. The second-order valence-electron chi connectivity index (χ2n) is 5.24. The molecule has 20 heavy (non-hydrogen) atoms. The Morgan fingerprint density at radius 1 is 1.40 bits per heavy atom. The van der Waals surface area contributed by atoms with E-state index in [1.54, 1.807) is 12.1 Å². The van der Waals surface area contributed by atoms with E-state index in [-0.39, 0.29) is 29.2 Å². The topological polar surface area (TPSA) is 75.4 Å². The molecule has 110 valence electrons. The number of rotatable bonds is 5. The smallest absolute Gasteiger partial charge is 0.273 e. The molecular formula is C14H19BrN2O3. The van der Waals surface area contributed by atoms with Crippen LogP contribution in [0.1, 0.15) is 31.2 Å². The van der Waals surface area contributed by atoms with Crippen molar-refractivity contribution >= 4 is 21.6 Å². The van der Waals surface area contributed by atoms with Crippen molar-refractivity contribution in [1.82, 2.24) is 5.32 Å². The van der Waals surface area contributed by atoms with Crippen molar-refractivity contribution in [1.29, 1.82) is 0 Å². The molecule has 0 aliphatic heterocycles. The second kappa shape index (κ2) is 7.15. The molecule has 2 rings (SSSR count). The minimum absolute atomic E-state index is 0.136. The number of nitro groups is 1. The van der Waals surface area contributed by atoms with Crippen LogP contribution in [0.15, 0.2) is 22.7 Å². The van der Waals surface area contributed by atoms with Gasteiger partial charge in [-0.05, 0) is 30.9 Å². The van der Waals surface area contributed by atoms with Crippen LogP contribution in [0, 0.1) is 16.0 Å². The average molecular weight is 343 g/mol. The standard InChI is InChI=1S/C14H19BrN2O3/c15-12-5-6-14(17(19)20)11(7-12)8-16-13-4-2-1-3-10(13)9-18/h5-7,10,13,16,18H,1-4,8-9H2. The molecule has 0 radical (unpaired) electrons. The molecule has 0 amide bonds. The lowest BCUT2D eigenvalue weighted by atomic mass is 9.85. The lowest BCUT2D eigenvalue weighted by Crippen LogP contribution is -2.39. The van der Waals surface area contributed by atoms with Crippen molar-refractivity contribution in [3.8, 4) is 0 Å². The van der Waals surface area contributed by atoms with E-state index in [2.05, 4.69) is 21.2 Å². The van der Waals surface area contributed by atoms with Crippen LogP contribution in [0.3, 0.4) is 0 Å². The van der Waals surface area contributed by atoms with Crippen LogP contribution < -0.4 is 5.32 Å². The van der Waals surface area contributed by atoms with Gasteiger partial charge in [-0.3, -0.25) is 10.1 Å². The number of hydrogen-bond acceptors (Lipinski definition) is 4. The minimum Gasteiger partial charge on any atom is -0.396 e. The summed E-state index contributed by atoms with van der Waals surface area (Å²) >= 11 is 3.35. The van der Waals surface area contributed by atoms with Crippen LogP contribution in [0.5, 0.6) is 0 Å². The van der Waals surface area contributed by atoms with Crippen molar-refractivity contribution in [3.63, 3.8) is 0 Å². The van der Waals surface area contributed by atoms with Gasteiger partial charge >= 0.3 is 0 Å². The summed E-state index contributed by atoms with van der Waals surface area (Å²) in [4.78, 5) is 10.7. The fraction of sp³-hybridized carbons (Fsp3) is 0.571. The first-order valence-electron chi connectivity index (χ1n) is 6.89. The van der Waals surface area contributed by atoms with Gasteiger partial charge in [0, 0.05) is 35.3 Å². The number of halogens is 1. The van der Waals surface area contributed by atoms with Gasteiger partial charge in [0.05, 0.1) is 4.92 Å². The lowest BCUT2D eigenvalue weighted by molar-refractivity contribution is -0.385. The Balaban J connectivity index is 2.06. The normalized spacial score (nSPS) is 22.7. The zero-order chi connectivity index (χ0) is 14.5. The number of benzene rings is 1. The maximum Gasteiger partial charge on any atom is 0.273 e. The Bertz CT molecular complexity index is 481. The molecule has 1 aromatic rings. The molecule has 0 saturated heterocycles. The molecule has 0 heterocycles. The van der Waals surface area contributed by atoms with E-state index in [0.29, 0.717) is 12.1 Å². The Hall–Kier alpha value is -0.980. The summed E-state index contributed by atoms with van der Waals surface area (Å²) in [7, 11) is 0. The molecule has 2 atom stereocenters. The van der Waals surface area contributed by atoms with Gasteiger partial charge in [0.15, 0.2) is 0 Å². The zero-order valence-corrected chi connectivity index (χ0v) is 12.8. The largest absolute Gasteiger partial charge is 0.396 e. The Morgan fingerprint density at radius 2 is 2.15 bits per heavy atom. The summed E-state index contributed by atoms with van der Waals surface area (Å²) in [6, 6.07) is 5.22. The molecule has 2 N–H and O–H groups in total. The molecule has 1 aliphatic rings. The van der Waals surface area contributed by atoms with Crippen molar-refractivity contribution in [3.05, 3.63) is 38.3 Å². The van der Waals surface area contributed by atoms with E-state index in [0.717, 1.165) is 30.2 Å². The third kappa shape index (κ3) is 3.77. The fourth-order valence-corrected chi connectivity index (χ4v) is 3.22. The lowest BCUT2D eigenvalue weighted by Gasteiger charge is -2.31. The second-order valence-corrected chi connectivity index (χ2v) is 6.16. The first-order valence-corrected chi connectivity index (χ1v) is 7.68. The van der Waals surface area contributed by atoms with Crippen LogP contribution in [0.2, 0.25) is 0 Å². The van der Waals surface area contributed by atoms with Gasteiger partial charge in [0.25, 0.3) is 5.69 Å². The highest BCUT2D eigenvalue weighted by molar-refractivity contribution is 9.10. The van der Waals surface area contributed by atoms with Crippen molar-refractivity contribution in [2.24, 2.45) is 5.92 Å². The molecule has 0 spiro atoms. The molecule has 1 saturated carbocycles. The van der Waals surface area contributed by atoms with Crippen LogP contribution in [0.4, 0.5) is 5.69 Å². The number of nitrogens with zero attached hydrogens (tertiary/aromatic N) is 1. The predicted molar refractivity (Wildman–Crippen MR) is 80.5 cm³/mol. The first kappa shape index (κ1) is 15.4. The van der Waals surface area contributed by atoms with E-state index in [1.165, 1.54) is 6.07 Å². The van der Waals surface area contributed by atoms with E-state index in [9.17, 15) is 15.2 Å². The molecule has 2 unspecified atom stereocenters. The van der Waals surface area contributed by atoms with Gasteiger partial charge in [-0.1, -0.05) is 28.8 Å². The maximum absolute atomic E-state index is 11.0. The Labute approximate surface area is 126 Å². The molecule has 1 fully saturated rings. The SMILES string of the molecule is O=[N+]([O-])c1ccc(Br)cc1CNC1CCCCC1CO. The van der Waals surface area contributed by atoms with Gasteiger partial charge in [0.2, 0.25) is 0 Å². The summed E-state index contributed by atoms with van der Waals surface area (Å²) in [5.41, 5.74) is 0.809. The number of hydrogen-bond donors (Lipinski definition) is 2. The number of aliphatic hydroxyl groups is 1. The fourth-order valence-electron chi connectivity index (χ4n) is 2.81. The molecule has 1 aromatic carbocycles. The molecule has 6 heteroatoms. The van der Waals surface area contributed by atoms with Gasteiger partial charge < -0.3 is 10.4 Å². The molecule has 0 aromatic heterocycles. The van der Waals surface area contributed by atoms with E-state index in [1.807, 2.05) is 0 Å². The van der Waals surface area contributed by atoms with E-state index < -0.39 is 0 Å². The van der Waals surface area contributed by atoms with Crippen LogP contribution in [-0.4, -0.2) is 22.7 Å². The molecular weight excluding hydrogens is 324 g/mol.